The Bertz CT molecular complexity index is 1010. The molecule has 2 aromatic rings. The Kier molecular flexibility index (Phi) is 6.41. The molecule has 0 amide bonds. The number of likely N-dealkylation sites (tertiary alicyclic amines) is 2. The van der Waals surface area contributed by atoms with E-state index >= 15 is 0 Å². The maximum atomic E-state index is 13.1. The van der Waals surface area contributed by atoms with Crippen LogP contribution in [-0.4, -0.2) is 110 Å². The summed E-state index contributed by atoms with van der Waals surface area (Å²) in [6, 6.07) is 7.61. The first-order chi connectivity index (χ1) is 16.5. The predicted octanol–water partition coefficient (Wildman–Crippen LogP) is -0.0955. The van der Waals surface area contributed by atoms with Crippen molar-refractivity contribution in [3.63, 3.8) is 0 Å². The third kappa shape index (κ3) is 3.54. The number of pyridine rings is 2. The Morgan fingerprint density at radius 3 is 1.74 bits per heavy atom. The zero-order chi connectivity index (χ0) is 25.6. The fraction of sp³-hybridized carbons (Fsp3) is 0.500. The molecule has 2 saturated heterocycles. The first-order valence-corrected chi connectivity index (χ1v) is 11.3. The second-order valence-corrected chi connectivity index (χ2v) is 9.72. The van der Waals surface area contributed by atoms with Crippen LogP contribution in [-0.2, 0) is 9.59 Å². The molecule has 0 aromatic carbocycles. The maximum Gasteiger partial charge on any atom is 0.318 e. The van der Waals surface area contributed by atoms with Crippen molar-refractivity contribution in [1.29, 1.82) is 0 Å². The average molecular weight is 486 g/mol. The van der Waals surface area contributed by atoms with Crippen LogP contribution in [0, 0.1) is 10.8 Å². The lowest BCUT2D eigenvalue weighted by molar-refractivity contribution is -0.374. The highest BCUT2D eigenvalue weighted by Gasteiger charge is 2.82. The van der Waals surface area contributed by atoms with Gasteiger partial charge in [-0.25, -0.2) is 0 Å². The van der Waals surface area contributed by atoms with E-state index in [1.54, 1.807) is 53.2 Å². The SMILES string of the molecule is CN(C)CCN1CC2(C(=O)O)C(c3ccccn3)N(C)C(c3ccccn3)C(C(=O)O)(C1)C2(O)O. The Balaban J connectivity index is 2.05. The molecule has 2 fully saturated rings. The number of carboxylic acids is 2. The largest absolute Gasteiger partial charge is 0.481 e. The van der Waals surface area contributed by atoms with Crippen molar-refractivity contribution in [2.45, 2.75) is 17.9 Å². The lowest BCUT2D eigenvalue weighted by atomic mass is 9.51. The Labute approximate surface area is 203 Å². The van der Waals surface area contributed by atoms with Gasteiger partial charge in [0, 0.05) is 38.6 Å². The molecule has 11 nitrogen and oxygen atoms in total. The Morgan fingerprint density at radius 2 is 1.40 bits per heavy atom. The highest BCUT2D eigenvalue weighted by molar-refractivity contribution is 5.85. The highest BCUT2D eigenvalue weighted by Crippen LogP contribution is 2.65. The van der Waals surface area contributed by atoms with Crippen molar-refractivity contribution in [3.05, 3.63) is 60.2 Å². The number of carboxylic acid groups (broad SMARTS) is 2. The van der Waals surface area contributed by atoms with Crippen LogP contribution in [0.15, 0.2) is 48.8 Å². The summed E-state index contributed by atoms with van der Waals surface area (Å²) in [4.78, 5) is 40.1. The molecule has 0 aliphatic carbocycles. The van der Waals surface area contributed by atoms with Crippen molar-refractivity contribution in [2.75, 3.05) is 47.3 Å². The number of aliphatic carboxylic acids is 2. The van der Waals surface area contributed by atoms with Gasteiger partial charge in [0.05, 0.1) is 23.5 Å². The summed E-state index contributed by atoms with van der Waals surface area (Å²) in [6.07, 6.45) is 2.99. The molecule has 2 bridgehead atoms. The number of hydrogen-bond donors (Lipinski definition) is 4. The van der Waals surface area contributed by atoms with Gasteiger partial charge >= 0.3 is 11.9 Å². The third-order valence-electron chi connectivity index (χ3n) is 7.50. The second-order valence-electron chi connectivity index (χ2n) is 9.72. The number of nitrogens with zero attached hydrogens (tertiary/aromatic N) is 5. The number of piperidine rings is 2. The number of likely N-dealkylation sites (N-methyl/N-ethyl adjacent to an activating group) is 1. The van der Waals surface area contributed by atoms with Crippen LogP contribution in [0.3, 0.4) is 0 Å². The Hall–Kier alpha value is -2.96. The van der Waals surface area contributed by atoms with E-state index in [1.165, 1.54) is 12.4 Å². The number of aromatic nitrogens is 2. The van der Waals surface area contributed by atoms with Gasteiger partial charge in [0.1, 0.15) is 0 Å². The van der Waals surface area contributed by atoms with Gasteiger partial charge in [-0.15, -0.1) is 0 Å². The van der Waals surface area contributed by atoms with E-state index in [9.17, 15) is 30.0 Å². The van der Waals surface area contributed by atoms with Gasteiger partial charge in [-0.05, 0) is 45.4 Å². The van der Waals surface area contributed by atoms with E-state index in [0.717, 1.165) is 0 Å². The van der Waals surface area contributed by atoms with Crippen molar-refractivity contribution in [2.24, 2.45) is 10.8 Å². The molecular weight excluding hydrogens is 454 g/mol. The molecule has 11 heteroatoms. The lowest BCUT2D eigenvalue weighted by Gasteiger charge is -2.67. The van der Waals surface area contributed by atoms with E-state index in [4.69, 9.17) is 0 Å². The number of fused-ring (bicyclic) bond motifs is 2. The van der Waals surface area contributed by atoms with E-state index in [2.05, 4.69) is 9.97 Å². The van der Waals surface area contributed by atoms with Gasteiger partial charge in [0.15, 0.2) is 10.8 Å². The first kappa shape index (κ1) is 25.1. The summed E-state index contributed by atoms with van der Waals surface area (Å²) in [5.41, 5.74) is -4.08. The van der Waals surface area contributed by atoms with Gasteiger partial charge in [-0.3, -0.25) is 29.4 Å². The van der Waals surface area contributed by atoms with Gasteiger partial charge in [-0.1, -0.05) is 12.1 Å². The monoisotopic (exact) mass is 485 g/mol. The minimum Gasteiger partial charge on any atom is -0.481 e. The second kappa shape index (κ2) is 8.92. The summed E-state index contributed by atoms with van der Waals surface area (Å²) in [5, 5.41) is 45.0. The smallest absolute Gasteiger partial charge is 0.318 e. The molecule has 0 saturated carbocycles. The fourth-order valence-corrected chi connectivity index (χ4v) is 5.94. The van der Waals surface area contributed by atoms with Gasteiger partial charge in [0.2, 0.25) is 5.79 Å². The minimum atomic E-state index is -3.15. The number of aliphatic hydroxyl groups is 2. The van der Waals surface area contributed by atoms with Gasteiger partial charge in [0.25, 0.3) is 0 Å². The maximum absolute atomic E-state index is 13.1. The van der Waals surface area contributed by atoms with Crippen LogP contribution in [0.25, 0.3) is 0 Å². The minimum absolute atomic E-state index is 0.279. The standard InChI is InChI=1S/C24H31N5O6/c1-27(2)12-13-29-14-22(20(30)31)18(16-8-4-6-10-25-16)28(3)19(17-9-5-7-11-26-17)23(15-29,21(32)33)24(22,34)35/h4-11,18-19,34-35H,12-15H2,1-3H3,(H,30,31)(H,32,33). The van der Waals surface area contributed by atoms with Crippen molar-refractivity contribution in [1.82, 2.24) is 24.7 Å². The van der Waals surface area contributed by atoms with E-state index in [1.807, 2.05) is 19.0 Å². The summed E-state index contributed by atoms with van der Waals surface area (Å²) in [5.74, 6) is -6.17. The summed E-state index contributed by atoms with van der Waals surface area (Å²) >= 11 is 0. The van der Waals surface area contributed by atoms with Crippen molar-refractivity contribution >= 4 is 11.9 Å². The summed E-state index contributed by atoms with van der Waals surface area (Å²) in [6.45, 7) is 0.297. The normalized spacial score (nSPS) is 30.8. The van der Waals surface area contributed by atoms with Crippen LogP contribution in [0.2, 0.25) is 0 Å². The highest BCUT2D eigenvalue weighted by atomic mass is 16.5. The molecule has 4 heterocycles. The molecule has 2 aliphatic heterocycles. The molecular formula is C24H31N5O6. The molecule has 0 radical (unpaired) electrons. The van der Waals surface area contributed by atoms with Crippen LogP contribution < -0.4 is 0 Å². The molecule has 0 spiro atoms. The van der Waals surface area contributed by atoms with Crippen LogP contribution >= 0.6 is 0 Å². The van der Waals surface area contributed by atoms with E-state index in [0.29, 0.717) is 24.5 Å². The summed E-state index contributed by atoms with van der Waals surface area (Å²) in [7, 11) is 5.31. The molecule has 2 aliphatic rings. The number of carbonyl (C=O) groups is 2. The van der Waals surface area contributed by atoms with Crippen molar-refractivity contribution in [3.8, 4) is 0 Å². The first-order valence-electron chi connectivity index (χ1n) is 11.3. The number of hydrogen-bond acceptors (Lipinski definition) is 9. The predicted molar refractivity (Wildman–Crippen MR) is 124 cm³/mol. The number of rotatable bonds is 7. The molecule has 4 unspecified atom stereocenters. The summed E-state index contributed by atoms with van der Waals surface area (Å²) < 4.78 is 0. The lowest BCUT2D eigenvalue weighted by Crippen LogP contribution is -2.83. The Morgan fingerprint density at radius 1 is 0.943 bits per heavy atom. The van der Waals surface area contributed by atoms with Crippen LogP contribution in [0.5, 0.6) is 0 Å². The molecule has 4 N–H and O–H groups in total. The topological polar surface area (TPSA) is 151 Å². The third-order valence-corrected chi connectivity index (χ3v) is 7.50. The molecule has 2 aromatic heterocycles. The van der Waals surface area contributed by atoms with Crippen LogP contribution in [0.1, 0.15) is 23.5 Å². The fourth-order valence-electron chi connectivity index (χ4n) is 5.94. The quantitative estimate of drug-likeness (QED) is 0.389. The average Bonchev–Trinajstić information content (AvgIpc) is 2.80. The molecule has 188 valence electrons. The molecule has 4 rings (SSSR count). The van der Waals surface area contributed by atoms with E-state index < -0.39 is 40.6 Å². The molecule has 35 heavy (non-hydrogen) atoms. The van der Waals surface area contributed by atoms with E-state index in [-0.39, 0.29) is 13.1 Å². The molecule has 4 atom stereocenters. The van der Waals surface area contributed by atoms with Gasteiger partial charge in [-0.2, -0.15) is 0 Å². The zero-order valence-corrected chi connectivity index (χ0v) is 19.9. The zero-order valence-electron chi connectivity index (χ0n) is 19.9. The van der Waals surface area contributed by atoms with Crippen molar-refractivity contribution < 1.29 is 30.0 Å². The van der Waals surface area contributed by atoms with Gasteiger partial charge < -0.3 is 25.3 Å². The van der Waals surface area contributed by atoms with Crippen LogP contribution in [0.4, 0.5) is 0 Å².